The van der Waals surface area contributed by atoms with Crippen molar-refractivity contribution in [3.05, 3.63) is 12.5 Å². The molecule has 0 saturated heterocycles. The van der Waals surface area contributed by atoms with Crippen LogP contribution in [0.5, 0.6) is 0 Å². The van der Waals surface area contributed by atoms with Gasteiger partial charge < -0.3 is 9.47 Å². The van der Waals surface area contributed by atoms with E-state index in [0.29, 0.717) is 6.61 Å². The molecule has 0 aromatic carbocycles. The average Bonchev–Trinajstić information content (AvgIpc) is 1.69. The van der Waals surface area contributed by atoms with Crippen molar-refractivity contribution < 1.29 is 9.47 Å². The van der Waals surface area contributed by atoms with Gasteiger partial charge >= 0.3 is 0 Å². The van der Waals surface area contributed by atoms with Crippen molar-refractivity contribution in [3.8, 4) is 0 Å². The first-order chi connectivity index (χ1) is 3.39. The summed E-state index contributed by atoms with van der Waals surface area (Å²) in [5, 5.41) is 0. The van der Waals surface area contributed by atoms with Crippen molar-refractivity contribution in [2.45, 2.75) is 5.56 Å². The van der Waals surface area contributed by atoms with E-state index in [9.17, 15) is 0 Å². The Labute approximate surface area is 46.7 Å². The zero-order valence-corrected chi connectivity index (χ0v) is 4.39. The van der Waals surface area contributed by atoms with Crippen LogP contribution in [0.3, 0.4) is 0 Å². The zero-order chi connectivity index (χ0) is 5.11. The second kappa shape index (κ2) is 2.07. The van der Waals surface area contributed by atoms with Gasteiger partial charge in [0.25, 0.3) is 0 Å². The predicted octanol–water partition coefficient (Wildman–Crippen LogP) is 1.07. The molecule has 1 unspecified atom stereocenters. The predicted molar refractivity (Wildman–Crippen MR) is 25.8 cm³/mol. The number of halogens is 1. The molecular formula is C4H5ClO2. The molecule has 0 N–H and O–H groups in total. The SMILES string of the molecule is ClC1COC=CO1. The maximum atomic E-state index is 5.42. The minimum atomic E-state index is -0.301. The van der Waals surface area contributed by atoms with E-state index in [1.165, 1.54) is 12.5 Å². The van der Waals surface area contributed by atoms with Crippen molar-refractivity contribution in [2.75, 3.05) is 6.61 Å². The molecule has 3 heteroatoms. The summed E-state index contributed by atoms with van der Waals surface area (Å²) < 4.78 is 9.48. The molecule has 1 rings (SSSR count). The van der Waals surface area contributed by atoms with Crippen molar-refractivity contribution in [3.63, 3.8) is 0 Å². The molecule has 1 heterocycles. The van der Waals surface area contributed by atoms with Gasteiger partial charge in [-0.25, -0.2) is 0 Å². The van der Waals surface area contributed by atoms with Gasteiger partial charge in [-0.05, 0) is 0 Å². The number of hydrogen-bond acceptors (Lipinski definition) is 2. The Hall–Kier alpha value is -0.370. The van der Waals surface area contributed by atoms with Crippen LogP contribution >= 0.6 is 11.6 Å². The van der Waals surface area contributed by atoms with E-state index in [1.54, 1.807) is 0 Å². The van der Waals surface area contributed by atoms with Gasteiger partial charge in [0.15, 0.2) is 0 Å². The third-order valence-corrected chi connectivity index (χ3v) is 0.834. The first kappa shape index (κ1) is 4.78. The summed E-state index contributed by atoms with van der Waals surface area (Å²) in [6.45, 7) is 0.443. The van der Waals surface area contributed by atoms with E-state index in [0.717, 1.165) is 0 Å². The van der Waals surface area contributed by atoms with Crippen molar-refractivity contribution >= 4 is 11.6 Å². The summed E-state index contributed by atoms with van der Waals surface area (Å²) in [7, 11) is 0. The summed E-state index contributed by atoms with van der Waals surface area (Å²) in [5.74, 6) is 0. The lowest BCUT2D eigenvalue weighted by Gasteiger charge is -2.11. The van der Waals surface area contributed by atoms with Crippen LogP contribution in [0.25, 0.3) is 0 Å². The summed E-state index contributed by atoms with van der Waals surface area (Å²) in [5.41, 5.74) is -0.301. The molecule has 7 heavy (non-hydrogen) atoms. The molecule has 1 atom stereocenters. The Kier molecular flexibility index (Phi) is 1.42. The lowest BCUT2D eigenvalue weighted by Crippen LogP contribution is -2.11. The minimum absolute atomic E-state index is 0.301. The van der Waals surface area contributed by atoms with Gasteiger partial charge in [-0.3, -0.25) is 0 Å². The first-order valence-corrected chi connectivity index (χ1v) is 2.39. The lowest BCUT2D eigenvalue weighted by molar-refractivity contribution is 0.0818. The summed E-state index contributed by atoms with van der Waals surface area (Å²) in [4.78, 5) is 0. The monoisotopic (exact) mass is 120 g/mol. The smallest absolute Gasteiger partial charge is 0.205 e. The first-order valence-electron chi connectivity index (χ1n) is 1.96. The average molecular weight is 121 g/mol. The normalized spacial score (nSPS) is 28.4. The topological polar surface area (TPSA) is 18.5 Å². The molecule has 40 valence electrons. The van der Waals surface area contributed by atoms with Crippen LogP contribution in [0.4, 0.5) is 0 Å². The molecule has 0 aromatic rings. The number of ether oxygens (including phenoxy) is 2. The van der Waals surface area contributed by atoms with E-state index in [1.807, 2.05) is 0 Å². The molecule has 0 aliphatic carbocycles. The van der Waals surface area contributed by atoms with Gasteiger partial charge in [0.05, 0.1) is 0 Å². The second-order valence-electron chi connectivity index (χ2n) is 1.15. The van der Waals surface area contributed by atoms with Gasteiger partial charge in [-0.15, -0.1) is 0 Å². The van der Waals surface area contributed by atoms with Crippen LogP contribution in [-0.4, -0.2) is 12.2 Å². The maximum Gasteiger partial charge on any atom is 0.205 e. The van der Waals surface area contributed by atoms with Gasteiger partial charge in [-0.1, -0.05) is 11.6 Å². The number of alkyl halides is 1. The molecular weight excluding hydrogens is 115 g/mol. The van der Waals surface area contributed by atoms with E-state index in [2.05, 4.69) is 0 Å². The van der Waals surface area contributed by atoms with Crippen LogP contribution in [0, 0.1) is 0 Å². The molecule has 0 fully saturated rings. The zero-order valence-electron chi connectivity index (χ0n) is 3.63. The van der Waals surface area contributed by atoms with E-state index in [4.69, 9.17) is 21.1 Å². The molecule has 1 aliphatic heterocycles. The number of rotatable bonds is 0. The summed E-state index contributed by atoms with van der Waals surface area (Å²) >= 11 is 5.42. The molecule has 2 nitrogen and oxygen atoms in total. The Morgan fingerprint density at radius 3 is 2.71 bits per heavy atom. The van der Waals surface area contributed by atoms with E-state index >= 15 is 0 Å². The molecule has 0 spiro atoms. The van der Waals surface area contributed by atoms with Crippen LogP contribution in [0.1, 0.15) is 0 Å². The highest BCUT2D eigenvalue weighted by Crippen LogP contribution is 2.04. The molecule has 1 aliphatic rings. The Morgan fingerprint density at radius 2 is 2.43 bits per heavy atom. The Balaban J connectivity index is 2.32. The van der Waals surface area contributed by atoms with Gasteiger partial charge in [0, 0.05) is 0 Å². The van der Waals surface area contributed by atoms with Crippen LogP contribution in [-0.2, 0) is 9.47 Å². The lowest BCUT2D eigenvalue weighted by atomic mass is 10.7. The standard InChI is InChI=1S/C4H5ClO2/c5-4-3-6-1-2-7-4/h1-2,4H,3H2. The quantitative estimate of drug-likeness (QED) is 0.445. The second-order valence-corrected chi connectivity index (χ2v) is 1.64. The molecule has 0 bridgehead atoms. The maximum absolute atomic E-state index is 5.42. The van der Waals surface area contributed by atoms with Gasteiger partial charge in [0.1, 0.15) is 19.1 Å². The van der Waals surface area contributed by atoms with Crippen molar-refractivity contribution in [1.29, 1.82) is 0 Å². The van der Waals surface area contributed by atoms with Crippen LogP contribution < -0.4 is 0 Å². The van der Waals surface area contributed by atoms with Crippen molar-refractivity contribution in [1.82, 2.24) is 0 Å². The highest BCUT2D eigenvalue weighted by Gasteiger charge is 2.04. The summed E-state index contributed by atoms with van der Waals surface area (Å²) in [6.07, 6.45) is 2.90. The Morgan fingerprint density at radius 1 is 1.57 bits per heavy atom. The van der Waals surface area contributed by atoms with Crippen LogP contribution in [0.15, 0.2) is 12.5 Å². The molecule has 0 aromatic heterocycles. The highest BCUT2D eigenvalue weighted by atomic mass is 35.5. The minimum Gasteiger partial charge on any atom is -0.493 e. The highest BCUT2D eigenvalue weighted by molar-refractivity contribution is 6.19. The van der Waals surface area contributed by atoms with Gasteiger partial charge in [0.2, 0.25) is 5.56 Å². The fourth-order valence-corrected chi connectivity index (χ4v) is 0.459. The van der Waals surface area contributed by atoms with E-state index < -0.39 is 0 Å². The fourth-order valence-electron chi connectivity index (χ4n) is 0.327. The molecule has 0 saturated carbocycles. The van der Waals surface area contributed by atoms with E-state index in [-0.39, 0.29) is 5.56 Å². The Bertz CT molecular complexity index is 81.8. The largest absolute Gasteiger partial charge is 0.493 e. The van der Waals surface area contributed by atoms with Crippen LogP contribution in [0.2, 0.25) is 0 Å². The number of hydrogen-bond donors (Lipinski definition) is 0. The molecule has 0 radical (unpaired) electrons. The van der Waals surface area contributed by atoms with Gasteiger partial charge in [-0.2, -0.15) is 0 Å². The molecule has 0 amide bonds. The fraction of sp³-hybridized carbons (Fsp3) is 0.500. The third kappa shape index (κ3) is 1.27. The summed E-state index contributed by atoms with van der Waals surface area (Å²) in [6, 6.07) is 0. The van der Waals surface area contributed by atoms with Crippen molar-refractivity contribution in [2.24, 2.45) is 0 Å². The third-order valence-electron chi connectivity index (χ3n) is 0.605.